The SMILES string of the molecule is [2H]c1c([2H])c([2H])c2c(-c3ccc4oc5ccc6ccccc6c5c4c3)c3c([2H])c([2H])c([2H])c([2H])c3c(-c3ccc4c(c3)C(C)(C)c3cc(-c5ccccc5)ccc3-4)c2c1[2H]. The van der Waals surface area contributed by atoms with Crippen molar-refractivity contribution in [1.82, 2.24) is 0 Å². The lowest BCUT2D eigenvalue weighted by Crippen LogP contribution is -2.15. The third kappa shape index (κ3) is 4.11. The van der Waals surface area contributed by atoms with Crippen LogP contribution in [0.5, 0.6) is 0 Å². The molecule has 0 amide bonds. The lowest BCUT2D eigenvalue weighted by molar-refractivity contribution is 0.661. The van der Waals surface area contributed by atoms with Gasteiger partial charge in [0.05, 0.1) is 11.0 Å². The van der Waals surface area contributed by atoms with Crippen LogP contribution in [0.1, 0.15) is 35.9 Å². The Morgan fingerprint density at radius 2 is 0.981 bits per heavy atom. The van der Waals surface area contributed by atoms with Crippen LogP contribution in [0.4, 0.5) is 0 Å². The average Bonchev–Trinajstić information content (AvgIpc) is 3.76. The van der Waals surface area contributed by atoms with Crippen molar-refractivity contribution in [2.24, 2.45) is 0 Å². The second kappa shape index (κ2) is 10.8. The zero-order valence-corrected chi connectivity index (χ0v) is 28.5. The fourth-order valence-electron chi connectivity index (χ4n) is 8.61. The molecule has 0 spiro atoms. The van der Waals surface area contributed by atoms with E-state index in [4.69, 9.17) is 9.90 Å². The first kappa shape index (κ1) is 22.4. The molecular formula is C51H34O. The quantitative estimate of drug-likeness (QED) is 0.171. The van der Waals surface area contributed by atoms with Crippen molar-refractivity contribution in [1.29, 1.82) is 0 Å². The highest BCUT2D eigenvalue weighted by Gasteiger charge is 2.36. The summed E-state index contributed by atoms with van der Waals surface area (Å²) < 4.78 is 80.1. The maximum absolute atomic E-state index is 9.52. The Kier molecular flexibility index (Phi) is 4.64. The molecule has 0 bridgehead atoms. The molecule has 1 aromatic heterocycles. The van der Waals surface area contributed by atoms with Gasteiger partial charge in [0.1, 0.15) is 11.2 Å². The van der Waals surface area contributed by atoms with E-state index in [0.717, 1.165) is 54.9 Å². The van der Waals surface area contributed by atoms with Gasteiger partial charge in [-0.15, -0.1) is 0 Å². The monoisotopic (exact) mass is 670 g/mol. The molecule has 11 rings (SSSR count). The van der Waals surface area contributed by atoms with E-state index >= 15 is 0 Å². The average molecular weight is 671 g/mol. The number of hydrogen-bond donors (Lipinski definition) is 0. The van der Waals surface area contributed by atoms with Crippen molar-refractivity contribution in [2.75, 3.05) is 0 Å². The van der Waals surface area contributed by atoms with Crippen LogP contribution in [0.3, 0.4) is 0 Å². The van der Waals surface area contributed by atoms with Crippen LogP contribution in [-0.2, 0) is 5.41 Å². The molecule has 0 N–H and O–H groups in total. The molecule has 10 aromatic rings. The van der Waals surface area contributed by atoms with E-state index in [9.17, 15) is 5.48 Å². The zero-order chi connectivity index (χ0) is 41.5. The minimum Gasteiger partial charge on any atom is -0.456 e. The van der Waals surface area contributed by atoms with Crippen molar-refractivity contribution in [3.8, 4) is 44.5 Å². The van der Waals surface area contributed by atoms with Crippen molar-refractivity contribution in [2.45, 2.75) is 19.3 Å². The molecule has 0 aliphatic heterocycles. The van der Waals surface area contributed by atoms with Gasteiger partial charge in [0.15, 0.2) is 0 Å². The molecule has 244 valence electrons. The van der Waals surface area contributed by atoms with E-state index in [1.54, 1.807) is 0 Å². The molecule has 1 nitrogen and oxygen atoms in total. The zero-order valence-electron chi connectivity index (χ0n) is 36.5. The fraction of sp³-hybridized carbons (Fsp3) is 0.0588. The summed E-state index contributed by atoms with van der Waals surface area (Å²) in [6.07, 6.45) is 0. The van der Waals surface area contributed by atoms with Crippen LogP contribution >= 0.6 is 0 Å². The molecule has 1 aliphatic rings. The van der Waals surface area contributed by atoms with E-state index in [2.05, 4.69) is 44.2 Å². The van der Waals surface area contributed by atoms with E-state index in [-0.39, 0.29) is 45.7 Å². The maximum atomic E-state index is 9.52. The van der Waals surface area contributed by atoms with Crippen LogP contribution in [0, 0.1) is 0 Å². The first-order valence-corrected chi connectivity index (χ1v) is 17.5. The molecule has 0 radical (unpaired) electrons. The number of benzene rings is 9. The fourth-order valence-corrected chi connectivity index (χ4v) is 8.61. The third-order valence-electron chi connectivity index (χ3n) is 11.1. The first-order valence-electron chi connectivity index (χ1n) is 21.5. The summed E-state index contributed by atoms with van der Waals surface area (Å²) in [7, 11) is 0. The van der Waals surface area contributed by atoms with Crippen LogP contribution in [0.15, 0.2) is 174 Å². The van der Waals surface area contributed by atoms with Gasteiger partial charge in [0.25, 0.3) is 0 Å². The van der Waals surface area contributed by atoms with Gasteiger partial charge in [0.2, 0.25) is 0 Å². The Hall–Kier alpha value is -6.44. The van der Waals surface area contributed by atoms with Crippen LogP contribution in [-0.4, -0.2) is 0 Å². The summed E-state index contributed by atoms with van der Waals surface area (Å²) in [6.45, 7) is 4.35. The summed E-state index contributed by atoms with van der Waals surface area (Å²) in [5.41, 5.74) is 9.14. The lowest BCUT2D eigenvalue weighted by atomic mass is 9.80. The first-order chi connectivity index (χ1) is 28.9. The van der Waals surface area contributed by atoms with Crippen LogP contribution in [0.25, 0.3) is 98.8 Å². The largest absolute Gasteiger partial charge is 0.456 e. The highest BCUT2D eigenvalue weighted by atomic mass is 16.3. The normalized spacial score (nSPS) is 15.5. The van der Waals surface area contributed by atoms with E-state index in [0.29, 0.717) is 33.4 Å². The predicted molar refractivity (Wildman–Crippen MR) is 220 cm³/mol. The van der Waals surface area contributed by atoms with Crippen LogP contribution < -0.4 is 0 Å². The van der Waals surface area contributed by atoms with Crippen molar-refractivity contribution < 1.29 is 15.4 Å². The van der Waals surface area contributed by atoms with E-state index in [1.165, 1.54) is 0 Å². The van der Waals surface area contributed by atoms with Gasteiger partial charge in [-0.05, 0) is 118 Å². The highest BCUT2D eigenvalue weighted by Crippen LogP contribution is 2.52. The predicted octanol–water partition coefficient (Wildman–Crippen LogP) is 14.4. The van der Waals surface area contributed by atoms with Gasteiger partial charge in [-0.3, -0.25) is 0 Å². The number of hydrogen-bond acceptors (Lipinski definition) is 1. The molecule has 0 atom stereocenters. The Morgan fingerprint density at radius 3 is 1.65 bits per heavy atom. The van der Waals surface area contributed by atoms with Crippen molar-refractivity contribution in [3.63, 3.8) is 0 Å². The highest BCUT2D eigenvalue weighted by molar-refractivity contribution is 6.23. The van der Waals surface area contributed by atoms with Gasteiger partial charge >= 0.3 is 0 Å². The Morgan fingerprint density at radius 1 is 0.442 bits per heavy atom. The molecule has 1 heterocycles. The van der Waals surface area contributed by atoms with Crippen molar-refractivity contribution in [3.05, 3.63) is 181 Å². The summed E-state index contributed by atoms with van der Waals surface area (Å²) >= 11 is 0. The van der Waals surface area contributed by atoms with Crippen molar-refractivity contribution >= 4 is 54.3 Å². The molecular weight excluding hydrogens is 629 g/mol. The van der Waals surface area contributed by atoms with E-state index in [1.807, 2.05) is 91.0 Å². The molecule has 1 aliphatic carbocycles. The van der Waals surface area contributed by atoms with Gasteiger partial charge in [-0.2, -0.15) is 0 Å². The minimum absolute atomic E-state index is 0.182. The van der Waals surface area contributed by atoms with Gasteiger partial charge in [0, 0.05) is 16.2 Å². The maximum Gasteiger partial charge on any atom is 0.136 e. The summed E-state index contributed by atoms with van der Waals surface area (Å²) in [5.74, 6) is 0. The smallest absolute Gasteiger partial charge is 0.136 e. The Balaban J connectivity index is 1.25. The summed E-state index contributed by atoms with van der Waals surface area (Å²) in [4.78, 5) is 0. The second-order valence-corrected chi connectivity index (χ2v) is 14.2. The summed E-state index contributed by atoms with van der Waals surface area (Å²) in [6, 6.07) is 37.4. The topological polar surface area (TPSA) is 13.1 Å². The lowest BCUT2D eigenvalue weighted by Gasteiger charge is -2.23. The molecule has 1 heteroatoms. The Bertz CT molecular complexity index is 3470. The molecule has 0 saturated heterocycles. The number of furan rings is 1. The van der Waals surface area contributed by atoms with Gasteiger partial charge in [-0.1, -0.05) is 153 Å². The minimum atomic E-state index is -0.470. The second-order valence-electron chi connectivity index (χ2n) is 14.2. The third-order valence-corrected chi connectivity index (χ3v) is 11.1. The number of rotatable bonds is 3. The summed E-state index contributed by atoms with van der Waals surface area (Å²) in [5, 5.41) is 4.42. The molecule has 0 fully saturated rings. The molecule has 52 heavy (non-hydrogen) atoms. The standard InChI is InChI=1S/C51H34O/c1-51(2)44-29-33(31-12-4-3-5-13-31)20-24-37(44)38-25-21-35(30-45(38)51)49-41-18-10-8-16-39(41)48(40-17-9-11-19-42(40)49)34-23-26-46-43(28-34)50-36-15-7-6-14-32(36)22-27-47(50)52-46/h3-30H,1-2H3/i8D,9D,10D,11D,16D,17D,18D,19D. The van der Waals surface area contributed by atoms with E-state index < -0.39 is 29.6 Å². The molecule has 0 saturated carbocycles. The number of fused-ring (bicyclic) bond motifs is 10. The van der Waals surface area contributed by atoms with Gasteiger partial charge in [-0.25, -0.2) is 0 Å². The molecule has 9 aromatic carbocycles. The van der Waals surface area contributed by atoms with Gasteiger partial charge < -0.3 is 4.42 Å². The Labute approximate surface area is 313 Å². The van der Waals surface area contributed by atoms with Crippen LogP contribution in [0.2, 0.25) is 0 Å². The molecule has 0 unspecified atom stereocenters.